The number of anilines is 1. The first-order valence-electron chi connectivity index (χ1n) is 5.18. The van der Waals surface area contributed by atoms with Crippen LogP contribution in [-0.4, -0.2) is 48.1 Å². The molecule has 0 saturated heterocycles. The van der Waals surface area contributed by atoms with Crippen LogP contribution in [-0.2, 0) is 4.74 Å². The van der Waals surface area contributed by atoms with Crippen LogP contribution < -0.4 is 5.73 Å². The van der Waals surface area contributed by atoms with Crippen molar-refractivity contribution in [3.05, 3.63) is 24.0 Å². The lowest BCUT2D eigenvalue weighted by Crippen LogP contribution is -2.07. The summed E-state index contributed by atoms with van der Waals surface area (Å²) in [6.45, 7) is 0. The second-order valence-electron chi connectivity index (χ2n) is 3.59. The molecule has 0 bridgehead atoms. The second-order valence-corrected chi connectivity index (χ2v) is 3.59. The van der Waals surface area contributed by atoms with Gasteiger partial charge in [-0.3, -0.25) is 0 Å². The van der Waals surface area contributed by atoms with Gasteiger partial charge in [-0.2, -0.15) is 5.10 Å². The zero-order valence-electron chi connectivity index (χ0n) is 9.76. The van der Waals surface area contributed by atoms with Crippen LogP contribution in [0.15, 0.2) is 18.3 Å². The summed E-state index contributed by atoms with van der Waals surface area (Å²) in [5.74, 6) is -0.193. The minimum absolute atomic E-state index is 0.0288. The summed E-state index contributed by atoms with van der Waals surface area (Å²) in [6.07, 6.45) is 1.46. The number of ether oxygens (including phenoxy) is 1. The molecule has 0 saturated carbocycles. The van der Waals surface area contributed by atoms with Gasteiger partial charge >= 0.3 is 5.97 Å². The quantitative estimate of drug-likeness (QED) is 0.586. The Hall–Kier alpha value is -3.04. The third-order valence-corrected chi connectivity index (χ3v) is 2.41. The monoisotopic (exact) mass is 260 g/mol. The van der Waals surface area contributed by atoms with Gasteiger partial charge in [0.1, 0.15) is 0 Å². The van der Waals surface area contributed by atoms with Crippen LogP contribution in [0.25, 0.3) is 11.5 Å². The van der Waals surface area contributed by atoms with Gasteiger partial charge < -0.3 is 10.5 Å². The van der Waals surface area contributed by atoms with Crippen molar-refractivity contribution < 1.29 is 9.53 Å². The zero-order chi connectivity index (χ0) is 13.4. The van der Waals surface area contributed by atoms with Crippen LogP contribution in [0.3, 0.4) is 0 Å². The molecule has 10 heteroatoms. The minimum atomic E-state index is -0.611. The Morgan fingerprint density at radius 3 is 3.00 bits per heavy atom. The third kappa shape index (κ3) is 1.74. The Kier molecular flexibility index (Phi) is 2.34. The number of hydrogen-bond donors (Lipinski definition) is 1. The fourth-order valence-electron chi connectivity index (χ4n) is 1.52. The predicted octanol–water partition coefficient (Wildman–Crippen LogP) is -0.926. The summed E-state index contributed by atoms with van der Waals surface area (Å²) in [4.78, 5) is 11.4. The maximum absolute atomic E-state index is 11.4. The molecule has 0 aromatic carbocycles. The average molecular weight is 260 g/mol. The van der Waals surface area contributed by atoms with Crippen molar-refractivity contribution in [3.8, 4) is 5.82 Å². The van der Waals surface area contributed by atoms with Crippen molar-refractivity contribution in [1.82, 2.24) is 35.0 Å². The van der Waals surface area contributed by atoms with E-state index in [1.54, 1.807) is 12.1 Å². The maximum Gasteiger partial charge on any atom is 0.360 e. The number of hydrogen-bond acceptors (Lipinski definition) is 8. The van der Waals surface area contributed by atoms with Gasteiger partial charge in [-0.1, -0.05) is 0 Å². The van der Waals surface area contributed by atoms with E-state index in [4.69, 9.17) is 5.73 Å². The molecule has 2 N–H and O–H groups in total. The standard InChI is InChI=1S/C9H8N8O2/c1-19-9(18)8-5(10)4-16(13-8)7-3-2-6-11-14-15-17(6)12-7/h2-4H,10H2,1H3. The van der Waals surface area contributed by atoms with Gasteiger partial charge in [0.2, 0.25) is 0 Å². The zero-order valence-corrected chi connectivity index (χ0v) is 9.76. The molecule has 96 valence electrons. The van der Waals surface area contributed by atoms with E-state index < -0.39 is 5.97 Å². The predicted molar refractivity (Wildman–Crippen MR) is 61.5 cm³/mol. The summed E-state index contributed by atoms with van der Waals surface area (Å²) >= 11 is 0. The van der Waals surface area contributed by atoms with E-state index in [-0.39, 0.29) is 11.4 Å². The smallest absolute Gasteiger partial charge is 0.360 e. The Morgan fingerprint density at radius 1 is 1.37 bits per heavy atom. The molecule has 0 spiro atoms. The highest BCUT2D eigenvalue weighted by Gasteiger charge is 2.16. The van der Waals surface area contributed by atoms with Crippen molar-refractivity contribution in [1.29, 1.82) is 0 Å². The fraction of sp³-hybridized carbons (Fsp3) is 0.111. The number of rotatable bonds is 2. The molecule has 0 atom stereocenters. The number of tetrazole rings is 1. The Morgan fingerprint density at radius 2 is 2.21 bits per heavy atom. The van der Waals surface area contributed by atoms with E-state index in [1.807, 2.05) is 0 Å². The third-order valence-electron chi connectivity index (χ3n) is 2.41. The number of aromatic nitrogens is 7. The first kappa shape index (κ1) is 11.1. The Bertz CT molecular complexity index is 761. The largest absolute Gasteiger partial charge is 0.464 e. The Balaban J connectivity index is 2.08. The normalized spacial score (nSPS) is 10.8. The van der Waals surface area contributed by atoms with Crippen molar-refractivity contribution >= 4 is 17.3 Å². The van der Waals surface area contributed by atoms with Crippen molar-refractivity contribution in [2.75, 3.05) is 12.8 Å². The molecule has 0 unspecified atom stereocenters. The highest BCUT2D eigenvalue weighted by atomic mass is 16.5. The van der Waals surface area contributed by atoms with E-state index in [9.17, 15) is 4.79 Å². The fourth-order valence-corrected chi connectivity index (χ4v) is 1.52. The number of nitrogens with two attached hydrogens (primary N) is 1. The van der Waals surface area contributed by atoms with Crippen LogP contribution in [0, 0.1) is 0 Å². The molecule has 0 aliphatic heterocycles. The number of nitrogens with zero attached hydrogens (tertiary/aromatic N) is 7. The van der Waals surface area contributed by atoms with Crippen LogP contribution >= 0.6 is 0 Å². The van der Waals surface area contributed by atoms with Gasteiger partial charge in [-0.05, 0) is 22.6 Å². The van der Waals surface area contributed by atoms with Crippen molar-refractivity contribution in [2.24, 2.45) is 0 Å². The SMILES string of the molecule is COC(=O)c1nn(-c2ccc3nnnn3n2)cc1N. The van der Waals surface area contributed by atoms with Gasteiger partial charge in [0.25, 0.3) is 0 Å². The van der Waals surface area contributed by atoms with E-state index in [0.29, 0.717) is 11.5 Å². The molecule has 0 radical (unpaired) electrons. The summed E-state index contributed by atoms with van der Waals surface area (Å²) in [5, 5.41) is 19.0. The molecule has 3 aromatic heterocycles. The molecular weight excluding hydrogens is 252 g/mol. The average Bonchev–Trinajstić information content (AvgIpc) is 3.03. The lowest BCUT2D eigenvalue weighted by atomic mass is 10.4. The summed E-state index contributed by atoms with van der Waals surface area (Å²) in [7, 11) is 1.26. The van der Waals surface area contributed by atoms with E-state index >= 15 is 0 Å². The lowest BCUT2D eigenvalue weighted by molar-refractivity contribution is 0.0594. The van der Waals surface area contributed by atoms with Crippen molar-refractivity contribution in [2.45, 2.75) is 0 Å². The topological polar surface area (TPSA) is 126 Å². The molecule has 3 aromatic rings. The Labute approximate surface area is 105 Å². The summed E-state index contributed by atoms with van der Waals surface area (Å²) in [5.41, 5.74) is 6.41. The molecule has 0 fully saturated rings. The van der Waals surface area contributed by atoms with E-state index in [2.05, 4.69) is 30.5 Å². The lowest BCUT2D eigenvalue weighted by Gasteiger charge is -1.98. The molecule has 19 heavy (non-hydrogen) atoms. The number of nitrogen functional groups attached to an aromatic ring is 1. The van der Waals surface area contributed by atoms with Crippen LogP contribution in [0.4, 0.5) is 5.69 Å². The first-order chi connectivity index (χ1) is 9.19. The molecule has 3 rings (SSSR count). The number of carbonyl (C=O) groups is 1. The van der Waals surface area contributed by atoms with Crippen LogP contribution in [0.2, 0.25) is 0 Å². The molecular formula is C9H8N8O2. The van der Waals surface area contributed by atoms with Gasteiger partial charge in [-0.25, -0.2) is 9.48 Å². The number of fused-ring (bicyclic) bond motifs is 1. The maximum atomic E-state index is 11.4. The van der Waals surface area contributed by atoms with E-state index in [1.165, 1.54) is 22.6 Å². The second kappa shape index (κ2) is 4.01. The number of carbonyl (C=O) groups excluding carboxylic acids is 1. The number of esters is 1. The van der Waals surface area contributed by atoms with Gasteiger partial charge in [-0.15, -0.1) is 14.8 Å². The van der Waals surface area contributed by atoms with Gasteiger partial charge in [0.15, 0.2) is 17.2 Å². The van der Waals surface area contributed by atoms with E-state index in [0.717, 1.165) is 0 Å². The highest BCUT2D eigenvalue weighted by Crippen LogP contribution is 2.13. The molecule has 3 heterocycles. The molecule has 10 nitrogen and oxygen atoms in total. The molecule has 0 amide bonds. The summed E-state index contributed by atoms with van der Waals surface area (Å²) in [6, 6.07) is 3.32. The highest BCUT2D eigenvalue weighted by molar-refractivity contribution is 5.92. The minimum Gasteiger partial charge on any atom is -0.464 e. The van der Waals surface area contributed by atoms with Crippen LogP contribution in [0.5, 0.6) is 0 Å². The molecule has 0 aliphatic carbocycles. The van der Waals surface area contributed by atoms with Crippen LogP contribution in [0.1, 0.15) is 10.5 Å². The molecule has 0 aliphatic rings. The first-order valence-corrected chi connectivity index (χ1v) is 5.18. The number of methoxy groups -OCH3 is 1. The van der Waals surface area contributed by atoms with Gasteiger partial charge in [0.05, 0.1) is 19.0 Å². The van der Waals surface area contributed by atoms with Crippen molar-refractivity contribution in [3.63, 3.8) is 0 Å². The summed E-state index contributed by atoms with van der Waals surface area (Å²) < 4.78 is 7.16. The van der Waals surface area contributed by atoms with Gasteiger partial charge in [0, 0.05) is 0 Å².